The number of rotatable bonds is 6. The van der Waals surface area contributed by atoms with E-state index in [2.05, 4.69) is 5.32 Å². The van der Waals surface area contributed by atoms with E-state index in [1.807, 2.05) is 6.07 Å². The summed E-state index contributed by atoms with van der Waals surface area (Å²) in [6, 6.07) is 8.22. The minimum atomic E-state index is -3.44. The van der Waals surface area contributed by atoms with Crippen LogP contribution in [-0.2, 0) is 14.8 Å². The van der Waals surface area contributed by atoms with E-state index < -0.39 is 10.0 Å². The molecule has 0 saturated heterocycles. The number of carbonyl (C=O) groups excluding carboxylic acids is 1. The molecule has 0 heterocycles. The topological polar surface area (TPSA) is 90.3 Å². The first kappa shape index (κ1) is 16.0. The predicted molar refractivity (Wildman–Crippen MR) is 76.6 cm³/mol. The molecule has 0 radical (unpaired) electrons. The number of benzene rings is 1. The number of nitrogens with one attached hydrogen (secondary N) is 1. The Hall–Kier alpha value is -2.07. The molecule has 0 fully saturated rings. The highest BCUT2D eigenvalue weighted by Gasteiger charge is 2.17. The molecule has 1 aromatic rings. The summed E-state index contributed by atoms with van der Waals surface area (Å²) in [6.07, 6.45) is 1.46. The number of hydrogen-bond donors (Lipinski definition) is 1. The number of carbonyl (C=O) groups is 1. The van der Waals surface area contributed by atoms with Gasteiger partial charge in [0.1, 0.15) is 0 Å². The molecule has 108 valence electrons. The van der Waals surface area contributed by atoms with Crippen LogP contribution in [0.25, 0.3) is 0 Å². The highest BCUT2D eigenvalue weighted by molar-refractivity contribution is 7.92. The Balaban J connectivity index is 2.85. The number of anilines is 1. The van der Waals surface area contributed by atoms with Gasteiger partial charge in [0.25, 0.3) is 0 Å². The van der Waals surface area contributed by atoms with Crippen molar-refractivity contribution in [2.45, 2.75) is 13.3 Å². The Morgan fingerprint density at radius 3 is 2.40 bits per heavy atom. The van der Waals surface area contributed by atoms with Crippen molar-refractivity contribution < 1.29 is 13.2 Å². The highest BCUT2D eigenvalue weighted by Crippen LogP contribution is 2.17. The molecular formula is C13H17N3O3S. The summed E-state index contributed by atoms with van der Waals surface area (Å²) in [4.78, 5) is 11.1. The molecule has 0 aliphatic heterocycles. The molecule has 0 aliphatic carbocycles. The normalized spacial score (nSPS) is 10.7. The van der Waals surface area contributed by atoms with E-state index >= 15 is 0 Å². The molecule has 0 aliphatic rings. The van der Waals surface area contributed by atoms with E-state index in [1.165, 1.54) is 4.31 Å². The summed E-state index contributed by atoms with van der Waals surface area (Å²) in [5.41, 5.74) is 0.929. The zero-order chi connectivity index (χ0) is 15.2. The third kappa shape index (κ3) is 4.55. The van der Waals surface area contributed by atoms with Gasteiger partial charge in [-0.1, -0.05) is 6.92 Å². The minimum absolute atomic E-state index is 0.127. The van der Waals surface area contributed by atoms with Crippen molar-refractivity contribution in [3.63, 3.8) is 0 Å². The van der Waals surface area contributed by atoms with Crippen molar-refractivity contribution >= 4 is 21.6 Å². The highest BCUT2D eigenvalue weighted by atomic mass is 32.2. The Morgan fingerprint density at radius 2 is 1.95 bits per heavy atom. The minimum Gasteiger partial charge on any atom is -0.354 e. The van der Waals surface area contributed by atoms with E-state index in [4.69, 9.17) is 5.26 Å². The second-order valence-electron chi connectivity index (χ2n) is 4.20. The van der Waals surface area contributed by atoms with Gasteiger partial charge in [0, 0.05) is 13.0 Å². The fourth-order valence-electron chi connectivity index (χ4n) is 1.61. The first-order valence-corrected chi connectivity index (χ1v) is 7.98. The van der Waals surface area contributed by atoms with Crippen molar-refractivity contribution in [3.8, 4) is 6.07 Å². The van der Waals surface area contributed by atoms with Crippen LogP contribution < -0.4 is 9.62 Å². The van der Waals surface area contributed by atoms with Crippen molar-refractivity contribution in [3.05, 3.63) is 29.8 Å². The predicted octanol–water partition coefficient (Wildman–Crippen LogP) is 0.850. The molecule has 0 spiro atoms. The fraction of sp³-hybridized carbons (Fsp3) is 0.385. The van der Waals surface area contributed by atoms with Crippen LogP contribution in [0.4, 0.5) is 5.69 Å². The number of hydrogen-bond acceptors (Lipinski definition) is 4. The van der Waals surface area contributed by atoms with Crippen molar-refractivity contribution in [2.24, 2.45) is 0 Å². The molecule has 1 rings (SSSR count). The lowest BCUT2D eigenvalue weighted by molar-refractivity contribution is -0.120. The van der Waals surface area contributed by atoms with E-state index in [-0.39, 0.29) is 19.0 Å². The summed E-state index contributed by atoms with van der Waals surface area (Å²) >= 11 is 0. The average Bonchev–Trinajstić information content (AvgIpc) is 2.42. The molecule has 0 aromatic heterocycles. The smallest absolute Gasteiger partial charge is 0.232 e. The lowest BCUT2D eigenvalue weighted by Gasteiger charge is -2.22. The van der Waals surface area contributed by atoms with Crippen LogP contribution in [0.5, 0.6) is 0 Å². The van der Waals surface area contributed by atoms with E-state index in [9.17, 15) is 13.2 Å². The molecule has 0 unspecified atom stereocenters. The summed E-state index contributed by atoms with van der Waals surface area (Å²) in [6.45, 7) is 2.11. The molecule has 7 heteroatoms. The molecule has 0 bridgehead atoms. The molecule has 0 saturated carbocycles. The van der Waals surface area contributed by atoms with Gasteiger partial charge in [0.15, 0.2) is 0 Å². The van der Waals surface area contributed by atoms with Gasteiger partial charge in [0.05, 0.1) is 30.1 Å². The largest absolute Gasteiger partial charge is 0.354 e. The maximum Gasteiger partial charge on any atom is 0.232 e. The first-order valence-electron chi connectivity index (χ1n) is 6.13. The zero-order valence-corrected chi connectivity index (χ0v) is 12.3. The van der Waals surface area contributed by atoms with E-state index in [1.54, 1.807) is 31.2 Å². The lowest BCUT2D eigenvalue weighted by atomic mass is 10.2. The van der Waals surface area contributed by atoms with Crippen LogP contribution in [0.1, 0.15) is 18.9 Å². The summed E-state index contributed by atoms with van der Waals surface area (Å²) in [5, 5.41) is 11.4. The number of nitrogens with zero attached hydrogens (tertiary/aromatic N) is 2. The molecule has 6 nitrogen and oxygen atoms in total. The molecule has 1 aromatic carbocycles. The second kappa shape index (κ2) is 6.91. The lowest BCUT2D eigenvalue weighted by Crippen LogP contribution is -2.38. The van der Waals surface area contributed by atoms with E-state index in [0.717, 1.165) is 6.26 Å². The van der Waals surface area contributed by atoms with E-state index in [0.29, 0.717) is 17.7 Å². The number of nitriles is 1. The molecule has 0 atom stereocenters. The summed E-state index contributed by atoms with van der Waals surface area (Å²) in [7, 11) is -3.44. The van der Waals surface area contributed by atoms with Crippen LogP contribution >= 0.6 is 0 Å². The number of sulfonamides is 1. The standard InChI is InChI=1S/C13H17N3O3S/c1-3-13(17)15-8-9-16(20(2,18)19)12-6-4-11(10-14)5-7-12/h4-7H,3,8-9H2,1-2H3,(H,15,17). The molecule has 20 heavy (non-hydrogen) atoms. The third-order valence-electron chi connectivity index (χ3n) is 2.64. The van der Waals surface area contributed by atoms with Crippen LogP contribution in [0.3, 0.4) is 0 Å². The monoisotopic (exact) mass is 295 g/mol. The second-order valence-corrected chi connectivity index (χ2v) is 6.10. The van der Waals surface area contributed by atoms with Gasteiger partial charge in [0.2, 0.25) is 15.9 Å². The summed E-state index contributed by atoms with van der Waals surface area (Å²) < 4.78 is 24.8. The fourth-order valence-corrected chi connectivity index (χ4v) is 2.54. The van der Waals surface area contributed by atoms with Gasteiger partial charge < -0.3 is 5.32 Å². The Bertz CT molecular complexity index is 603. The SMILES string of the molecule is CCC(=O)NCCN(c1ccc(C#N)cc1)S(C)(=O)=O. The molecule has 1 N–H and O–H groups in total. The van der Waals surface area contributed by atoms with Crippen LogP contribution in [-0.4, -0.2) is 33.7 Å². The van der Waals surface area contributed by atoms with Crippen LogP contribution in [0, 0.1) is 11.3 Å². The quantitative estimate of drug-likeness (QED) is 0.842. The van der Waals surface area contributed by atoms with Crippen LogP contribution in [0.15, 0.2) is 24.3 Å². The zero-order valence-electron chi connectivity index (χ0n) is 11.5. The van der Waals surface area contributed by atoms with Crippen molar-refractivity contribution in [1.82, 2.24) is 5.32 Å². The molecule has 1 amide bonds. The van der Waals surface area contributed by atoms with Gasteiger partial charge in [-0.05, 0) is 24.3 Å². The van der Waals surface area contributed by atoms with Gasteiger partial charge in [-0.25, -0.2) is 8.42 Å². The Kier molecular flexibility index (Phi) is 5.53. The van der Waals surface area contributed by atoms with Crippen molar-refractivity contribution in [1.29, 1.82) is 5.26 Å². The van der Waals surface area contributed by atoms with Gasteiger partial charge >= 0.3 is 0 Å². The Morgan fingerprint density at radius 1 is 1.35 bits per heavy atom. The molecular weight excluding hydrogens is 278 g/mol. The third-order valence-corrected chi connectivity index (χ3v) is 3.84. The first-order chi connectivity index (χ1) is 9.38. The maximum absolute atomic E-state index is 11.8. The average molecular weight is 295 g/mol. The van der Waals surface area contributed by atoms with Crippen LogP contribution in [0.2, 0.25) is 0 Å². The van der Waals surface area contributed by atoms with Gasteiger partial charge in [-0.15, -0.1) is 0 Å². The van der Waals surface area contributed by atoms with Crippen molar-refractivity contribution in [2.75, 3.05) is 23.7 Å². The number of amides is 1. The van der Waals surface area contributed by atoms with Gasteiger partial charge in [-0.3, -0.25) is 9.10 Å². The maximum atomic E-state index is 11.8. The summed E-state index contributed by atoms with van der Waals surface area (Å²) in [5.74, 6) is -0.127. The van der Waals surface area contributed by atoms with Gasteiger partial charge in [-0.2, -0.15) is 5.26 Å². The Labute approximate surface area is 119 Å².